The molecule has 8 nitrogen and oxygen atoms in total. The number of carbonyl (C=O) groups is 2. The molecule has 0 saturated carbocycles. The lowest BCUT2D eigenvalue weighted by molar-refractivity contribution is -0.121. The van der Waals surface area contributed by atoms with Crippen molar-refractivity contribution in [3.05, 3.63) is 71.2 Å². The summed E-state index contributed by atoms with van der Waals surface area (Å²) in [6.45, 7) is 9.13. The molecule has 0 aliphatic carbocycles. The second kappa shape index (κ2) is 9.91. The normalized spacial score (nSPS) is 11.2. The SMILES string of the molecule is Cc1nn(CC(C)C)c(C)c1CCC(=O)NNC(=O)c1cc(-c2ccco2)nc2ccccc12. The van der Waals surface area contributed by atoms with Gasteiger partial charge in [0.15, 0.2) is 5.76 Å². The molecule has 0 saturated heterocycles. The van der Waals surface area contributed by atoms with Crippen LogP contribution in [0.5, 0.6) is 0 Å². The standard InChI is InChI=1S/C26H29N5O3/c1-16(2)15-31-18(4)19(17(3)30-31)11-12-25(32)28-29-26(33)21-14-23(24-10-7-13-34-24)27-22-9-6-5-8-20(21)22/h5-10,13-14,16H,11-12,15H2,1-4H3,(H,28,32)(H,29,33). The van der Waals surface area contributed by atoms with Gasteiger partial charge in [0.1, 0.15) is 5.69 Å². The number of fused-ring (bicyclic) bond motifs is 1. The molecule has 8 heteroatoms. The van der Waals surface area contributed by atoms with Crippen LogP contribution in [0.3, 0.4) is 0 Å². The average Bonchev–Trinajstić information content (AvgIpc) is 3.44. The molecule has 0 radical (unpaired) electrons. The van der Waals surface area contributed by atoms with Crippen LogP contribution in [0.2, 0.25) is 0 Å². The van der Waals surface area contributed by atoms with Crippen molar-refractivity contribution in [1.82, 2.24) is 25.6 Å². The number of benzene rings is 1. The summed E-state index contributed by atoms with van der Waals surface area (Å²) in [4.78, 5) is 30.1. The lowest BCUT2D eigenvalue weighted by Gasteiger charge is -2.11. The largest absolute Gasteiger partial charge is 0.463 e. The van der Waals surface area contributed by atoms with Crippen molar-refractivity contribution in [1.29, 1.82) is 0 Å². The highest BCUT2D eigenvalue weighted by atomic mass is 16.3. The second-order valence-corrected chi connectivity index (χ2v) is 8.78. The van der Waals surface area contributed by atoms with Gasteiger partial charge < -0.3 is 4.42 Å². The highest BCUT2D eigenvalue weighted by Crippen LogP contribution is 2.25. The Morgan fingerprint density at radius 2 is 1.88 bits per heavy atom. The van der Waals surface area contributed by atoms with Gasteiger partial charge in [-0.05, 0) is 56.0 Å². The molecule has 0 aliphatic heterocycles. The molecule has 4 aromatic rings. The van der Waals surface area contributed by atoms with E-state index in [0.29, 0.717) is 40.3 Å². The van der Waals surface area contributed by atoms with Gasteiger partial charge in [0.05, 0.1) is 23.0 Å². The monoisotopic (exact) mass is 459 g/mol. The predicted molar refractivity (Wildman–Crippen MR) is 130 cm³/mol. The van der Waals surface area contributed by atoms with Crippen molar-refractivity contribution in [3.63, 3.8) is 0 Å². The Hall–Kier alpha value is -3.94. The molecule has 0 atom stereocenters. The van der Waals surface area contributed by atoms with Crippen molar-refractivity contribution in [2.24, 2.45) is 5.92 Å². The predicted octanol–water partition coefficient (Wildman–Crippen LogP) is 4.36. The number of aryl methyl sites for hydroxylation is 1. The summed E-state index contributed by atoms with van der Waals surface area (Å²) in [5, 5.41) is 5.29. The molecule has 34 heavy (non-hydrogen) atoms. The molecular weight excluding hydrogens is 430 g/mol. The second-order valence-electron chi connectivity index (χ2n) is 8.78. The topological polar surface area (TPSA) is 102 Å². The summed E-state index contributed by atoms with van der Waals surface area (Å²) in [7, 11) is 0. The molecule has 0 aliphatic rings. The van der Waals surface area contributed by atoms with Gasteiger partial charge in [-0.2, -0.15) is 5.10 Å². The van der Waals surface area contributed by atoms with E-state index in [1.807, 2.05) is 42.8 Å². The van der Waals surface area contributed by atoms with E-state index in [0.717, 1.165) is 23.5 Å². The molecule has 0 unspecified atom stereocenters. The van der Waals surface area contributed by atoms with Crippen LogP contribution in [-0.2, 0) is 17.8 Å². The molecule has 1 aromatic carbocycles. The van der Waals surface area contributed by atoms with Crippen molar-refractivity contribution in [3.8, 4) is 11.5 Å². The van der Waals surface area contributed by atoms with Crippen LogP contribution < -0.4 is 10.9 Å². The van der Waals surface area contributed by atoms with E-state index < -0.39 is 5.91 Å². The van der Waals surface area contributed by atoms with Crippen molar-refractivity contribution in [2.75, 3.05) is 0 Å². The number of hydrogen-bond acceptors (Lipinski definition) is 5. The molecule has 0 bridgehead atoms. The van der Waals surface area contributed by atoms with Crippen LogP contribution in [0, 0.1) is 19.8 Å². The highest BCUT2D eigenvalue weighted by molar-refractivity contribution is 6.07. The summed E-state index contributed by atoms with van der Waals surface area (Å²) in [5.41, 5.74) is 9.78. The van der Waals surface area contributed by atoms with Gasteiger partial charge in [0, 0.05) is 24.0 Å². The minimum atomic E-state index is -0.420. The quantitative estimate of drug-likeness (QED) is 0.400. The van der Waals surface area contributed by atoms with E-state index in [4.69, 9.17) is 4.42 Å². The summed E-state index contributed by atoms with van der Waals surface area (Å²) < 4.78 is 7.45. The van der Waals surface area contributed by atoms with Crippen LogP contribution in [-0.4, -0.2) is 26.6 Å². The summed E-state index contributed by atoms with van der Waals surface area (Å²) >= 11 is 0. The Bertz CT molecular complexity index is 1320. The fraction of sp³-hybridized carbons (Fsp3) is 0.308. The number of nitrogens with one attached hydrogen (secondary N) is 2. The third-order valence-electron chi connectivity index (χ3n) is 5.72. The fourth-order valence-electron chi connectivity index (χ4n) is 4.03. The number of pyridine rings is 1. The van der Waals surface area contributed by atoms with E-state index in [1.165, 1.54) is 0 Å². The average molecular weight is 460 g/mol. The number of furan rings is 1. The molecule has 2 amide bonds. The van der Waals surface area contributed by atoms with Crippen molar-refractivity contribution < 1.29 is 14.0 Å². The first kappa shape index (κ1) is 23.2. The van der Waals surface area contributed by atoms with Gasteiger partial charge in [0.2, 0.25) is 5.91 Å². The number of hydrogen-bond donors (Lipinski definition) is 2. The van der Waals surface area contributed by atoms with E-state index in [9.17, 15) is 9.59 Å². The van der Waals surface area contributed by atoms with Crippen LogP contribution in [0.25, 0.3) is 22.4 Å². The first-order chi connectivity index (χ1) is 16.3. The summed E-state index contributed by atoms with van der Waals surface area (Å²) in [6, 6.07) is 12.6. The molecule has 0 spiro atoms. The van der Waals surface area contributed by atoms with Gasteiger partial charge in [0.25, 0.3) is 5.91 Å². The Labute approximate surface area is 198 Å². The third-order valence-corrected chi connectivity index (χ3v) is 5.72. The van der Waals surface area contributed by atoms with Crippen molar-refractivity contribution >= 4 is 22.7 Å². The van der Waals surface area contributed by atoms with E-state index in [1.54, 1.807) is 24.5 Å². The van der Waals surface area contributed by atoms with Gasteiger partial charge >= 0.3 is 0 Å². The molecule has 3 aromatic heterocycles. The number of nitrogens with zero attached hydrogens (tertiary/aromatic N) is 3. The smallest absolute Gasteiger partial charge is 0.270 e. The lowest BCUT2D eigenvalue weighted by atomic mass is 10.1. The molecule has 2 N–H and O–H groups in total. The minimum absolute atomic E-state index is 0.240. The maximum atomic E-state index is 13.0. The van der Waals surface area contributed by atoms with Crippen LogP contribution in [0.15, 0.2) is 53.1 Å². The van der Waals surface area contributed by atoms with Gasteiger partial charge in [-0.1, -0.05) is 32.0 Å². The first-order valence-corrected chi connectivity index (χ1v) is 11.4. The number of rotatable bonds is 7. The van der Waals surface area contributed by atoms with Gasteiger partial charge in [-0.25, -0.2) is 4.98 Å². The Kier molecular flexibility index (Phi) is 6.77. The number of carbonyl (C=O) groups excluding carboxylic acids is 2. The Morgan fingerprint density at radius 1 is 1.09 bits per heavy atom. The summed E-state index contributed by atoms with van der Waals surface area (Å²) in [6.07, 6.45) is 2.35. The zero-order chi connectivity index (χ0) is 24.2. The zero-order valence-corrected chi connectivity index (χ0v) is 19.9. The van der Waals surface area contributed by atoms with E-state index in [-0.39, 0.29) is 12.3 Å². The number of amides is 2. The van der Waals surface area contributed by atoms with E-state index in [2.05, 4.69) is 34.8 Å². The molecule has 176 valence electrons. The highest BCUT2D eigenvalue weighted by Gasteiger charge is 2.17. The molecule has 3 heterocycles. The number of hydrazine groups is 1. The van der Waals surface area contributed by atoms with Gasteiger partial charge in [-0.15, -0.1) is 0 Å². The zero-order valence-electron chi connectivity index (χ0n) is 19.9. The third kappa shape index (κ3) is 5.01. The number of aromatic nitrogens is 3. The number of para-hydroxylation sites is 1. The minimum Gasteiger partial charge on any atom is -0.463 e. The van der Waals surface area contributed by atoms with Crippen LogP contribution in [0.4, 0.5) is 0 Å². The fourth-order valence-corrected chi connectivity index (χ4v) is 4.03. The van der Waals surface area contributed by atoms with Gasteiger partial charge in [-0.3, -0.25) is 25.1 Å². The van der Waals surface area contributed by atoms with Crippen LogP contribution in [0.1, 0.15) is 47.6 Å². The molecule has 0 fully saturated rings. The molecular formula is C26H29N5O3. The lowest BCUT2D eigenvalue weighted by Crippen LogP contribution is -2.41. The van der Waals surface area contributed by atoms with Crippen molar-refractivity contribution in [2.45, 2.75) is 47.1 Å². The Morgan fingerprint density at radius 3 is 2.62 bits per heavy atom. The maximum Gasteiger partial charge on any atom is 0.270 e. The Balaban J connectivity index is 1.43. The summed E-state index contributed by atoms with van der Waals surface area (Å²) in [5.74, 6) is 0.361. The maximum absolute atomic E-state index is 13.0. The first-order valence-electron chi connectivity index (χ1n) is 11.4. The van der Waals surface area contributed by atoms with E-state index >= 15 is 0 Å². The molecule has 4 rings (SSSR count). The van der Waals surface area contributed by atoms with Crippen LogP contribution >= 0.6 is 0 Å².